The molecule has 3 rings (SSSR count). The Morgan fingerprint density at radius 3 is 2.90 bits per heavy atom. The molecule has 2 aromatic rings. The van der Waals surface area contributed by atoms with Crippen LogP contribution in [0, 0.1) is 9.39 Å². The highest BCUT2D eigenvalue weighted by Crippen LogP contribution is 2.27. The molecule has 20 heavy (non-hydrogen) atoms. The predicted molar refractivity (Wildman–Crippen MR) is 82.7 cm³/mol. The molecule has 6 heteroatoms. The standard InChI is InChI=1S/C14H13FIN3O/c15-9-3-1-4-10(7-9)18-14-17-8-12(16)13(19-14)20-11-5-2-6-11/h1,3-4,7-8,11H,2,5-6H2,(H,17,18,19). The fraction of sp³-hybridized carbons (Fsp3) is 0.286. The van der Waals surface area contributed by atoms with E-state index >= 15 is 0 Å². The minimum absolute atomic E-state index is 0.264. The second-order valence-electron chi connectivity index (χ2n) is 4.65. The molecular weight excluding hydrogens is 372 g/mol. The van der Waals surface area contributed by atoms with Crippen LogP contribution in [0.15, 0.2) is 30.5 Å². The summed E-state index contributed by atoms with van der Waals surface area (Å²) in [6, 6.07) is 6.19. The molecule has 1 aromatic heterocycles. The van der Waals surface area contributed by atoms with Crippen molar-refractivity contribution in [3.8, 4) is 5.88 Å². The van der Waals surface area contributed by atoms with Crippen molar-refractivity contribution in [1.29, 1.82) is 0 Å². The number of ether oxygens (including phenoxy) is 1. The number of rotatable bonds is 4. The van der Waals surface area contributed by atoms with Gasteiger partial charge >= 0.3 is 0 Å². The van der Waals surface area contributed by atoms with Gasteiger partial charge < -0.3 is 10.1 Å². The minimum atomic E-state index is -0.300. The molecule has 0 amide bonds. The van der Waals surface area contributed by atoms with E-state index in [1.807, 2.05) is 0 Å². The van der Waals surface area contributed by atoms with E-state index in [1.165, 1.54) is 18.6 Å². The number of hydrogen-bond donors (Lipinski definition) is 1. The van der Waals surface area contributed by atoms with Gasteiger partial charge in [0.25, 0.3) is 0 Å². The van der Waals surface area contributed by atoms with Crippen LogP contribution in [0.2, 0.25) is 0 Å². The van der Waals surface area contributed by atoms with Crippen LogP contribution < -0.4 is 10.1 Å². The zero-order chi connectivity index (χ0) is 13.9. The molecule has 1 aliphatic rings. The Hall–Kier alpha value is -1.44. The van der Waals surface area contributed by atoms with Crippen LogP contribution >= 0.6 is 22.6 Å². The average molecular weight is 385 g/mol. The molecule has 1 fully saturated rings. The maximum absolute atomic E-state index is 13.1. The SMILES string of the molecule is Fc1cccc(Nc2ncc(I)c(OC3CCC3)n2)c1. The first kappa shape index (κ1) is 13.5. The zero-order valence-electron chi connectivity index (χ0n) is 10.6. The highest BCUT2D eigenvalue weighted by molar-refractivity contribution is 14.1. The Kier molecular flexibility index (Phi) is 4.00. The molecule has 0 aliphatic heterocycles. The summed E-state index contributed by atoms with van der Waals surface area (Å²) in [7, 11) is 0. The number of benzene rings is 1. The Morgan fingerprint density at radius 2 is 2.20 bits per heavy atom. The van der Waals surface area contributed by atoms with Gasteiger partial charge in [-0.15, -0.1) is 0 Å². The van der Waals surface area contributed by atoms with Crippen LogP contribution in [0.5, 0.6) is 5.88 Å². The van der Waals surface area contributed by atoms with Crippen LogP contribution in [0.3, 0.4) is 0 Å². The number of halogens is 2. The third-order valence-electron chi connectivity index (χ3n) is 3.12. The van der Waals surface area contributed by atoms with Crippen LogP contribution in [-0.4, -0.2) is 16.1 Å². The molecule has 104 valence electrons. The van der Waals surface area contributed by atoms with E-state index in [4.69, 9.17) is 4.74 Å². The van der Waals surface area contributed by atoms with E-state index in [-0.39, 0.29) is 11.9 Å². The molecule has 0 bridgehead atoms. The molecule has 0 atom stereocenters. The first-order valence-electron chi connectivity index (χ1n) is 6.42. The van der Waals surface area contributed by atoms with Gasteiger partial charge in [0.2, 0.25) is 11.8 Å². The van der Waals surface area contributed by atoms with Gasteiger partial charge in [0, 0.05) is 11.9 Å². The van der Waals surface area contributed by atoms with E-state index in [2.05, 4.69) is 37.9 Å². The number of nitrogens with zero attached hydrogens (tertiary/aromatic N) is 2. The average Bonchev–Trinajstić information content (AvgIpc) is 2.37. The lowest BCUT2D eigenvalue weighted by Crippen LogP contribution is -2.25. The van der Waals surface area contributed by atoms with Gasteiger partial charge in [-0.25, -0.2) is 9.37 Å². The van der Waals surface area contributed by atoms with E-state index in [0.29, 0.717) is 17.5 Å². The topological polar surface area (TPSA) is 47.0 Å². The molecule has 1 N–H and O–H groups in total. The number of hydrogen-bond acceptors (Lipinski definition) is 4. The summed E-state index contributed by atoms with van der Waals surface area (Å²) in [5.41, 5.74) is 0.612. The van der Waals surface area contributed by atoms with Gasteiger partial charge in [-0.1, -0.05) is 6.07 Å². The second-order valence-corrected chi connectivity index (χ2v) is 5.82. The summed E-state index contributed by atoms with van der Waals surface area (Å²) in [5.74, 6) is 0.695. The third kappa shape index (κ3) is 3.17. The largest absolute Gasteiger partial charge is 0.473 e. The summed E-state index contributed by atoms with van der Waals surface area (Å²) < 4.78 is 19.8. The molecule has 1 aliphatic carbocycles. The van der Waals surface area contributed by atoms with E-state index < -0.39 is 0 Å². The van der Waals surface area contributed by atoms with E-state index in [9.17, 15) is 4.39 Å². The predicted octanol–water partition coefficient (Wildman–Crippen LogP) is 3.90. The molecule has 0 unspecified atom stereocenters. The molecule has 1 heterocycles. The van der Waals surface area contributed by atoms with Gasteiger partial charge in [0.1, 0.15) is 11.9 Å². The van der Waals surface area contributed by atoms with Gasteiger partial charge in [-0.05, 0) is 60.1 Å². The number of anilines is 2. The van der Waals surface area contributed by atoms with Gasteiger partial charge in [-0.3, -0.25) is 0 Å². The lowest BCUT2D eigenvalue weighted by Gasteiger charge is -2.26. The van der Waals surface area contributed by atoms with Gasteiger partial charge in [-0.2, -0.15) is 4.98 Å². The molecule has 4 nitrogen and oxygen atoms in total. The van der Waals surface area contributed by atoms with Crippen molar-refractivity contribution in [1.82, 2.24) is 9.97 Å². The zero-order valence-corrected chi connectivity index (χ0v) is 12.8. The summed E-state index contributed by atoms with van der Waals surface area (Å²) in [4.78, 5) is 8.53. The monoisotopic (exact) mass is 385 g/mol. The molecule has 1 aromatic carbocycles. The van der Waals surface area contributed by atoms with Crippen LogP contribution in [0.25, 0.3) is 0 Å². The van der Waals surface area contributed by atoms with E-state index in [1.54, 1.807) is 18.3 Å². The molecular formula is C14H13FIN3O. The fourth-order valence-corrected chi connectivity index (χ4v) is 2.22. The van der Waals surface area contributed by atoms with Crippen molar-refractivity contribution in [2.45, 2.75) is 25.4 Å². The quantitative estimate of drug-likeness (QED) is 0.812. The highest BCUT2D eigenvalue weighted by Gasteiger charge is 2.21. The molecule has 0 radical (unpaired) electrons. The smallest absolute Gasteiger partial charge is 0.232 e. The van der Waals surface area contributed by atoms with Crippen molar-refractivity contribution in [3.05, 3.63) is 39.8 Å². The number of aromatic nitrogens is 2. The third-order valence-corrected chi connectivity index (χ3v) is 3.86. The summed E-state index contributed by atoms with van der Waals surface area (Å²) in [6.07, 6.45) is 5.32. The Balaban J connectivity index is 1.77. The Morgan fingerprint density at radius 1 is 1.35 bits per heavy atom. The van der Waals surface area contributed by atoms with Crippen LogP contribution in [0.4, 0.5) is 16.0 Å². The molecule has 0 saturated heterocycles. The molecule has 0 spiro atoms. The van der Waals surface area contributed by atoms with E-state index in [0.717, 1.165) is 16.4 Å². The summed E-state index contributed by atoms with van der Waals surface area (Å²) >= 11 is 2.15. The normalized spacial score (nSPS) is 14.7. The Labute approximate surface area is 129 Å². The fourth-order valence-electron chi connectivity index (χ4n) is 1.84. The first-order valence-corrected chi connectivity index (χ1v) is 7.50. The van der Waals surface area contributed by atoms with Crippen molar-refractivity contribution in [3.63, 3.8) is 0 Å². The van der Waals surface area contributed by atoms with Crippen molar-refractivity contribution >= 4 is 34.2 Å². The lowest BCUT2D eigenvalue weighted by molar-refractivity contribution is 0.113. The van der Waals surface area contributed by atoms with Crippen molar-refractivity contribution < 1.29 is 9.13 Å². The van der Waals surface area contributed by atoms with Gasteiger partial charge in [0.15, 0.2) is 0 Å². The molecule has 1 saturated carbocycles. The van der Waals surface area contributed by atoms with Gasteiger partial charge in [0.05, 0.1) is 3.57 Å². The van der Waals surface area contributed by atoms with Crippen molar-refractivity contribution in [2.24, 2.45) is 0 Å². The highest BCUT2D eigenvalue weighted by atomic mass is 127. The van der Waals surface area contributed by atoms with Crippen molar-refractivity contribution in [2.75, 3.05) is 5.32 Å². The first-order chi connectivity index (χ1) is 9.70. The Bertz CT molecular complexity index is 619. The maximum atomic E-state index is 13.1. The second kappa shape index (κ2) is 5.90. The summed E-state index contributed by atoms with van der Waals surface area (Å²) in [6.45, 7) is 0. The summed E-state index contributed by atoms with van der Waals surface area (Å²) in [5, 5.41) is 2.98. The minimum Gasteiger partial charge on any atom is -0.473 e. The number of nitrogens with one attached hydrogen (secondary N) is 1. The lowest BCUT2D eigenvalue weighted by atomic mass is 9.96. The van der Waals surface area contributed by atoms with Crippen LogP contribution in [-0.2, 0) is 0 Å². The van der Waals surface area contributed by atoms with Crippen LogP contribution in [0.1, 0.15) is 19.3 Å². The maximum Gasteiger partial charge on any atom is 0.232 e.